The van der Waals surface area contributed by atoms with Crippen LogP contribution < -0.4 is 5.73 Å². The normalized spacial score (nSPS) is 39.7. The monoisotopic (exact) mass is 339 g/mol. The van der Waals surface area contributed by atoms with E-state index < -0.39 is 5.60 Å². The summed E-state index contributed by atoms with van der Waals surface area (Å²) in [5, 5.41) is 21.4. The van der Waals surface area contributed by atoms with Crippen LogP contribution in [0.1, 0.15) is 50.2 Å². The number of allylic oxidation sites excluding steroid dienone is 3. The third-order valence-electron chi connectivity index (χ3n) is 7.22. The predicted molar refractivity (Wildman–Crippen MR) is 100 cm³/mol. The molecule has 0 heterocycles. The first kappa shape index (κ1) is 16.9. The van der Waals surface area contributed by atoms with E-state index in [9.17, 15) is 10.2 Å². The lowest BCUT2D eigenvalue weighted by Gasteiger charge is -2.57. The van der Waals surface area contributed by atoms with Crippen LogP contribution in [0.4, 0.5) is 0 Å². The number of hydrogen-bond acceptors (Lipinski definition) is 3. The highest BCUT2D eigenvalue weighted by Crippen LogP contribution is 2.56. The summed E-state index contributed by atoms with van der Waals surface area (Å²) in [7, 11) is 0. The highest BCUT2D eigenvalue weighted by Gasteiger charge is 2.56. The van der Waals surface area contributed by atoms with E-state index in [1.165, 1.54) is 11.1 Å². The Kier molecular flexibility index (Phi) is 4.04. The fraction of sp³-hybridized carbons (Fsp3) is 0.545. The molecule has 1 fully saturated rings. The Labute approximate surface area is 150 Å². The van der Waals surface area contributed by atoms with Crippen molar-refractivity contribution in [2.24, 2.45) is 17.6 Å². The Bertz CT molecular complexity index is 725. The molecule has 3 nitrogen and oxygen atoms in total. The lowest BCUT2D eigenvalue weighted by molar-refractivity contribution is -0.0941. The van der Waals surface area contributed by atoms with Crippen LogP contribution in [-0.2, 0) is 11.8 Å². The molecule has 1 aromatic rings. The van der Waals surface area contributed by atoms with E-state index in [-0.39, 0.29) is 17.4 Å². The fourth-order valence-electron chi connectivity index (χ4n) is 5.79. The van der Waals surface area contributed by atoms with Crippen molar-refractivity contribution in [1.82, 2.24) is 0 Å². The first-order chi connectivity index (χ1) is 12.0. The second-order valence-corrected chi connectivity index (χ2v) is 8.25. The lowest BCUT2D eigenvalue weighted by Crippen LogP contribution is -2.63. The Morgan fingerprint density at radius 2 is 2.08 bits per heavy atom. The lowest BCUT2D eigenvalue weighted by atomic mass is 9.50. The van der Waals surface area contributed by atoms with Gasteiger partial charge in [0.2, 0.25) is 0 Å². The number of fused-ring (bicyclic) bond motifs is 3. The first-order valence-corrected chi connectivity index (χ1v) is 9.63. The van der Waals surface area contributed by atoms with E-state index in [4.69, 9.17) is 5.73 Å². The van der Waals surface area contributed by atoms with Gasteiger partial charge in [0.1, 0.15) is 5.75 Å². The smallest absolute Gasteiger partial charge is 0.115 e. The molecule has 1 aromatic carbocycles. The van der Waals surface area contributed by atoms with Gasteiger partial charge in [0.05, 0.1) is 5.60 Å². The SMILES string of the molecule is CC[C@@]12C[C@H](N)[C@](O)(C3C=CC=CC3)C[C@H]1CCc1cc(O)ccc12. The van der Waals surface area contributed by atoms with Gasteiger partial charge in [-0.2, -0.15) is 0 Å². The number of benzene rings is 1. The molecule has 4 N–H and O–H groups in total. The highest BCUT2D eigenvalue weighted by molar-refractivity contribution is 5.43. The standard InChI is InChI=1S/C22H29NO2/c1-2-21-14-20(23)22(25,16-6-4-3-5-7-16)13-17(21)9-8-15-12-18(24)10-11-19(15)21/h3-6,10-12,16-17,20,24-25H,2,7-9,13-14,23H2,1H3/t16?,17-,20+,21-,22-/m1/s1. The molecule has 0 saturated heterocycles. The summed E-state index contributed by atoms with van der Waals surface area (Å²) >= 11 is 0. The van der Waals surface area contributed by atoms with Gasteiger partial charge in [-0.25, -0.2) is 0 Å². The molecule has 3 aliphatic rings. The van der Waals surface area contributed by atoms with Crippen LogP contribution in [0.25, 0.3) is 0 Å². The van der Waals surface area contributed by atoms with E-state index in [1.54, 1.807) is 6.07 Å². The Morgan fingerprint density at radius 3 is 2.80 bits per heavy atom. The van der Waals surface area contributed by atoms with Crippen LogP contribution in [0.2, 0.25) is 0 Å². The molecule has 0 radical (unpaired) electrons. The molecule has 1 saturated carbocycles. The number of aryl methyl sites for hydroxylation is 1. The Balaban J connectivity index is 1.72. The molecule has 0 aromatic heterocycles. The number of nitrogens with two attached hydrogens (primary N) is 1. The van der Waals surface area contributed by atoms with Gasteiger partial charge < -0.3 is 15.9 Å². The summed E-state index contributed by atoms with van der Waals surface area (Å²) in [6.45, 7) is 2.25. The topological polar surface area (TPSA) is 66.5 Å². The van der Waals surface area contributed by atoms with Gasteiger partial charge in [0.25, 0.3) is 0 Å². The minimum atomic E-state index is -0.820. The van der Waals surface area contributed by atoms with Crippen LogP contribution in [0.5, 0.6) is 5.75 Å². The molecule has 3 aliphatic carbocycles. The molecule has 0 bridgehead atoms. The van der Waals surface area contributed by atoms with Gasteiger partial charge >= 0.3 is 0 Å². The number of phenolic OH excluding ortho intramolecular Hbond substituents is 1. The van der Waals surface area contributed by atoms with E-state index in [0.29, 0.717) is 11.7 Å². The van der Waals surface area contributed by atoms with Crippen molar-refractivity contribution >= 4 is 0 Å². The summed E-state index contributed by atoms with van der Waals surface area (Å²) in [4.78, 5) is 0. The zero-order chi connectivity index (χ0) is 17.7. The van der Waals surface area contributed by atoms with Crippen LogP contribution in [0.3, 0.4) is 0 Å². The van der Waals surface area contributed by atoms with E-state index >= 15 is 0 Å². The largest absolute Gasteiger partial charge is 0.508 e. The van der Waals surface area contributed by atoms with E-state index in [1.807, 2.05) is 18.2 Å². The number of aliphatic hydroxyl groups is 1. The highest BCUT2D eigenvalue weighted by atomic mass is 16.3. The number of rotatable bonds is 2. The average molecular weight is 339 g/mol. The zero-order valence-electron chi connectivity index (χ0n) is 15.0. The molecule has 0 amide bonds. The van der Waals surface area contributed by atoms with Gasteiger partial charge in [-0.15, -0.1) is 0 Å². The summed E-state index contributed by atoms with van der Waals surface area (Å²) in [6, 6.07) is 5.59. The van der Waals surface area contributed by atoms with Gasteiger partial charge in [0.15, 0.2) is 0 Å². The molecule has 1 unspecified atom stereocenters. The molecule has 3 heteroatoms. The number of hydrogen-bond donors (Lipinski definition) is 3. The second-order valence-electron chi connectivity index (χ2n) is 8.25. The van der Waals surface area contributed by atoms with Crippen LogP contribution >= 0.6 is 0 Å². The summed E-state index contributed by atoms with van der Waals surface area (Å²) in [6.07, 6.45) is 13.9. The Hall–Kier alpha value is -1.58. The van der Waals surface area contributed by atoms with E-state index in [0.717, 1.165) is 38.5 Å². The maximum Gasteiger partial charge on any atom is 0.115 e. The van der Waals surface area contributed by atoms with Crippen molar-refractivity contribution in [1.29, 1.82) is 0 Å². The molecular formula is C22H29NO2. The quantitative estimate of drug-likeness (QED) is 0.771. The van der Waals surface area contributed by atoms with Crippen molar-refractivity contribution in [3.63, 3.8) is 0 Å². The Morgan fingerprint density at radius 1 is 1.24 bits per heavy atom. The van der Waals surface area contributed by atoms with Crippen molar-refractivity contribution in [3.05, 3.63) is 53.6 Å². The summed E-state index contributed by atoms with van der Waals surface area (Å²) in [5.74, 6) is 0.904. The minimum absolute atomic E-state index is 0.0289. The number of phenols is 1. The molecule has 25 heavy (non-hydrogen) atoms. The van der Waals surface area contributed by atoms with E-state index in [2.05, 4.69) is 25.1 Å². The second kappa shape index (κ2) is 6.00. The summed E-state index contributed by atoms with van der Waals surface area (Å²) < 4.78 is 0. The summed E-state index contributed by atoms with van der Waals surface area (Å²) in [5.41, 5.74) is 8.46. The van der Waals surface area contributed by atoms with Gasteiger partial charge in [-0.1, -0.05) is 37.3 Å². The maximum absolute atomic E-state index is 11.6. The van der Waals surface area contributed by atoms with Gasteiger partial charge in [-0.3, -0.25) is 0 Å². The predicted octanol–water partition coefficient (Wildman–Crippen LogP) is 3.59. The van der Waals surface area contributed by atoms with Crippen LogP contribution in [-0.4, -0.2) is 21.9 Å². The molecule has 134 valence electrons. The first-order valence-electron chi connectivity index (χ1n) is 9.63. The van der Waals surface area contributed by atoms with Crippen molar-refractivity contribution in [2.45, 2.75) is 62.5 Å². The molecule has 0 spiro atoms. The van der Waals surface area contributed by atoms with Crippen molar-refractivity contribution in [3.8, 4) is 5.75 Å². The van der Waals surface area contributed by atoms with Crippen molar-refractivity contribution in [2.75, 3.05) is 0 Å². The van der Waals surface area contributed by atoms with Gasteiger partial charge in [-0.05, 0) is 73.1 Å². The van der Waals surface area contributed by atoms with Crippen LogP contribution in [0.15, 0.2) is 42.5 Å². The molecular weight excluding hydrogens is 310 g/mol. The fourth-order valence-corrected chi connectivity index (χ4v) is 5.79. The van der Waals surface area contributed by atoms with Crippen molar-refractivity contribution < 1.29 is 10.2 Å². The molecule has 0 aliphatic heterocycles. The third kappa shape index (κ3) is 2.48. The minimum Gasteiger partial charge on any atom is -0.508 e. The third-order valence-corrected chi connectivity index (χ3v) is 7.22. The zero-order valence-corrected chi connectivity index (χ0v) is 15.0. The van der Waals surface area contributed by atoms with Crippen LogP contribution in [0, 0.1) is 11.8 Å². The number of aromatic hydroxyl groups is 1. The molecule has 5 atom stereocenters. The molecule has 4 rings (SSSR count). The van der Waals surface area contributed by atoms with Gasteiger partial charge in [0, 0.05) is 12.0 Å². The average Bonchev–Trinajstić information content (AvgIpc) is 2.63. The maximum atomic E-state index is 11.6.